The first-order valence-corrected chi connectivity index (χ1v) is 7.77. The van der Waals surface area contributed by atoms with Gasteiger partial charge in [0.05, 0.1) is 16.2 Å². The van der Waals surface area contributed by atoms with Crippen molar-refractivity contribution in [1.82, 2.24) is 5.32 Å². The van der Waals surface area contributed by atoms with Crippen LogP contribution in [0.25, 0.3) is 5.57 Å². The molecule has 0 aliphatic rings. The molecule has 0 aromatic heterocycles. The van der Waals surface area contributed by atoms with E-state index in [-0.39, 0.29) is 6.03 Å². The van der Waals surface area contributed by atoms with Crippen molar-refractivity contribution in [2.24, 2.45) is 0 Å². The highest BCUT2D eigenvalue weighted by Gasteiger charge is 2.23. The molecule has 2 aromatic carbocycles. The Morgan fingerprint density at radius 1 is 1.13 bits per heavy atom. The SMILES string of the molecule is C=C(C)c1cccc(C(C)(C)NC(=O)Nc2ccccc2Cl)c1. The molecule has 0 unspecified atom stereocenters. The van der Waals surface area contributed by atoms with Crippen molar-refractivity contribution >= 4 is 28.9 Å². The molecule has 0 saturated carbocycles. The van der Waals surface area contributed by atoms with Crippen LogP contribution in [-0.4, -0.2) is 6.03 Å². The van der Waals surface area contributed by atoms with E-state index in [0.717, 1.165) is 16.7 Å². The van der Waals surface area contributed by atoms with Gasteiger partial charge < -0.3 is 10.6 Å². The van der Waals surface area contributed by atoms with E-state index < -0.39 is 5.54 Å². The zero-order valence-electron chi connectivity index (χ0n) is 13.6. The fourth-order valence-electron chi connectivity index (χ4n) is 2.25. The Labute approximate surface area is 142 Å². The Morgan fingerprint density at radius 3 is 2.48 bits per heavy atom. The van der Waals surface area contributed by atoms with Gasteiger partial charge in [-0.25, -0.2) is 4.79 Å². The first-order valence-electron chi connectivity index (χ1n) is 7.40. The summed E-state index contributed by atoms with van der Waals surface area (Å²) in [6.45, 7) is 9.83. The fraction of sp³-hybridized carbons (Fsp3) is 0.211. The molecule has 3 nitrogen and oxygen atoms in total. The molecule has 0 aliphatic heterocycles. The van der Waals surface area contributed by atoms with E-state index >= 15 is 0 Å². The van der Waals surface area contributed by atoms with E-state index in [1.807, 2.05) is 57.2 Å². The lowest BCUT2D eigenvalue weighted by molar-refractivity contribution is 0.242. The summed E-state index contributed by atoms with van der Waals surface area (Å²) in [7, 11) is 0. The molecule has 0 radical (unpaired) electrons. The van der Waals surface area contributed by atoms with Crippen molar-refractivity contribution in [2.75, 3.05) is 5.32 Å². The number of carbonyl (C=O) groups excluding carboxylic acids is 1. The van der Waals surface area contributed by atoms with Crippen LogP contribution in [0.15, 0.2) is 55.1 Å². The summed E-state index contributed by atoms with van der Waals surface area (Å²) < 4.78 is 0. The maximum atomic E-state index is 12.3. The lowest BCUT2D eigenvalue weighted by Crippen LogP contribution is -2.43. The molecule has 0 saturated heterocycles. The number of anilines is 1. The topological polar surface area (TPSA) is 41.1 Å². The molecule has 2 amide bonds. The highest BCUT2D eigenvalue weighted by atomic mass is 35.5. The van der Waals surface area contributed by atoms with E-state index in [1.54, 1.807) is 12.1 Å². The second kappa shape index (κ2) is 6.88. The average molecular weight is 329 g/mol. The van der Waals surface area contributed by atoms with Gasteiger partial charge in [0.2, 0.25) is 0 Å². The van der Waals surface area contributed by atoms with Crippen molar-refractivity contribution in [1.29, 1.82) is 0 Å². The largest absolute Gasteiger partial charge is 0.329 e. The normalized spacial score (nSPS) is 11.0. The number of nitrogens with one attached hydrogen (secondary N) is 2. The van der Waals surface area contributed by atoms with E-state index in [0.29, 0.717) is 10.7 Å². The van der Waals surface area contributed by atoms with Gasteiger partial charge in [0.15, 0.2) is 0 Å². The summed E-state index contributed by atoms with van der Waals surface area (Å²) in [6, 6.07) is 14.8. The summed E-state index contributed by atoms with van der Waals surface area (Å²) in [6.07, 6.45) is 0. The van der Waals surface area contributed by atoms with E-state index in [9.17, 15) is 4.79 Å². The summed E-state index contributed by atoms with van der Waals surface area (Å²) in [5.74, 6) is 0. The third kappa shape index (κ3) is 4.36. The number of amides is 2. The molecule has 2 aromatic rings. The number of carbonyl (C=O) groups is 1. The first kappa shape index (κ1) is 17.1. The third-order valence-corrected chi connectivity index (χ3v) is 3.95. The number of halogens is 1. The van der Waals surface area contributed by atoms with Crippen molar-refractivity contribution in [2.45, 2.75) is 26.3 Å². The number of rotatable bonds is 4. The minimum absolute atomic E-state index is 0.302. The first-order chi connectivity index (χ1) is 10.8. The van der Waals surface area contributed by atoms with Crippen LogP contribution >= 0.6 is 11.6 Å². The number of hydrogen-bond acceptors (Lipinski definition) is 1. The van der Waals surface area contributed by atoms with Crippen molar-refractivity contribution in [3.63, 3.8) is 0 Å². The zero-order valence-corrected chi connectivity index (χ0v) is 14.4. The van der Waals surface area contributed by atoms with Gasteiger partial charge in [-0.15, -0.1) is 0 Å². The minimum Gasteiger partial charge on any atom is -0.329 e. The standard InChI is InChI=1S/C19H21ClN2O/c1-13(2)14-8-7-9-15(12-14)19(3,4)22-18(23)21-17-11-6-5-10-16(17)20/h5-12H,1H2,2-4H3,(H2,21,22,23). The van der Waals surface area contributed by atoms with Gasteiger partial charge in [-0.05, 0) is 50.1 Å². The minimum atomic E-state index is -0.531. The average Bonchev–Trinajstić information content (AvgIpc) is 2.49. The van der Waals surface area contributed by atoms with Crippen LogP contribution < -0.4 is 10.6 Å². The highest BCUT2D eigenvalue weighted by Crippen LogP contribution is 2.24. The molecule has 0 atom stereocenters. The van der Waals surface area contributed by atoms with Crippen LogP contribution in [0.4, 0.5) is 10.5 Å². The molecule has 4 heteroatoms. The van der Waals surface area contributed by atoms with Gasteiger partial charge >= 0.3 is 6.03 Å². The second-order valence-electron chi connectivity index (χ2n) is 6.05. The van der Waals surface area contributed by atoms with Gasteiger partial charge in [-0.2, -0.15) is 0 Å². The summed E-state index contributed by atoms with van der Waals surface area (Å²) >= 11 is 6.06. The van der Waals surface area contributed by atoms with Gasteiger partial charge in [-0.1, -0.05) is 54.1 Å². The highest BCUT2D eigenvalue weighted by molar-refractivity contribution is 6.33. The zero-order chi connectivity index (χ0) is 17.0. The van der Waals surface area contributed by atoms with Crippen LogP contribution in [0.3, 0.4) is 0 Å². The lowest BCUT2D eigenvalue weighted by atomic mass is 9.92. The van der Waals surface area contributed by atoms with Crippen LogP contribution in [-0.2, 0) is 5.54 Å². The summed E-state index contributed by atoms with van der Waals surface area (Å²) in [5, 5.41) is 6.25. The number of hydrogen-bond donors (Lipinski definition) is 2. The van der Waals surface area contributed by atoms with Crippen LogP contribution in [0, 0.1) is 0 Å². The molecule has 2 rings (SSSR count). The third-order valence-electron chi connectivity index (χ3n) is 3.63. The number of benzene rings is 2. The molecule has 0 spiro atoms. The van der Waals surface area contributed by atoms with E-state index in [2.05, 4.69) is 17.2 Å². The number of allylic oxidation sites excluding steroid dienone is 1. The molecule has 0 fully saturated rings. The van der Waals surface area contributed by atoms with E-state index in [4.69, 9.17) is 11.6 Å². The van der Waals surface area contributed by atoms with Crippen LogP contribution in [0.2, 0.25) is 5.02 Å². The van der Waals surface area contributed by atoms with Gasteiger partial charge in [0.1, 0.15) is 0 Å². The quantitative estimate of drug-likeness (QED) is 0.772. The van der Waals surface area contributed by atoms with Crippen molar-refractivity contribution in [3.05, 3.63) is 71.3 Å². The molecule has 120 valence electrons. The van der Waals surface area contributed by atoms with Gasteiger partial charge in [0.25, 0.3) is 0 Å². The molecule has 2 N–H and O–H groups in total. The Bertz CT molecular complexity index is 738. The van der Waals surface area contributed by atoms with Crippen molar-refractivity contribution in [3.8, 4) is 0 Å². The smallest absolute Gasteiger partial charge is 0.319 e. The van der Waals surface area contributed by atoms with Gasteiger partial charge in [-0.3, -0.25) is 0 Å². The number of para-hydroxylation sites is 1. The Hall–Kier alpha value is -2.26. The molecule has 23 heavy (non-hydrogen) atoms. The maximum Gasteiger partial charge on any atom is 0.319 e. The van der Waals surface area contributed by atoms with Crippen molar-refractivity contribution < 1.29 is 4.79 Å². The predicted molar refractivity (Wildman–Crippen MR) is 97.8 cm³/mol. The van der Waals surface area contributed by atoms with Crippen LogP contribution in [0.5, 0.6) is 0 Å². The van der Waals surface area contributed by atoms with Gasteiger partial charge in [0, 0.05) is 0 Å². The Kier molecular flexibility index (Phi) is 5.12. The maximum absolute atomic E-state index is 12.3. The molecule has 0 heterocycles. The summed E-state index contributed by atoms with van der Waals surface area (Å²) in [4.78, 5) is 12.3. The Morgan fingerprint density at radius 2 is 1.83 bits per heavy atom. The molecule has 0 bridgehead atoms. The second-order valence-corrected chi connectivity index (χ2v) is 6.45. The fourth-order valence-corrected chi connectivity index (χ4v) is 2.43. The summed E-state index contributed by atoms with van der Waals surface area (Å²) in [5.41, 5.74) is 3.11. The molecular formula is C19H21ClN2O. The molecular weight excluding hydrogens is 308 g/mol. The predicted octanol–water partition coefficient (Wildman–Crippen LogP) is 5.43. The molecule has 0 aliphatic carbocycles. The Balaban J connectivity index is 2.14. The monoisotopic (exact) mass is 328 g/mol. The van der Waals surface area contributed by atoms with Crippen LogP contribution in [0.1, 0.15) is 31.9 Å². The lowest BCUT2D eigenvalue weighted by Gasteiger charge is -2.27. The van der Waals surface area contributed by atoms with E-state index in [1.165, 1.54) is 0 Å². The number of urea groups is 1.